The van der Waals surface area contributed by atoms with Gasteiger partial charge in [0.15, 0.2) is 0 Å². The van der Waals surface area contributed by atoms with Crippen LogP contribution in [0.2, 0.25) is 0 Å². The molecule has 2 heterocycles. The zero-order valence-corrected chi connectivity index (χ0v) is 14.3. The molecule has 3 rings (SSSR count). The van der Waals surface area contributed by atoms with Gasteiger partial charge in [0.05, 0.1) is 22.4 Å². The van der Waals surface area contributed by atoms with Crippen molar-refractivity contribution in [3.63, 3.8) is 0 Å². The van der Waals surface area contributed by atoms with Gasteiger partial charge >= 0.3 is 5.97 Å². The Balaban J connectivity index is 1.95. The summed E-state index contributed by atoms with van der Waals surface area (Å²) in [6.45, 7) is 4.16. The Labute approximate surface area is 143 Å². The molecule has 0 amide bonds. The van der Waals surface area contributed by atoms with Gasteiger partial charge in [-0.1, -0.05) is 18.2 Å². The highest BCUT2D eigenvalue weighted by atomic mass is 32.1. The molecule has 0 atom stereocenters. The highest BCUT2D eigenvalue weighted by molar-refractivity contribution is 7.18. The number of ether oxygens (including phenoxy) is 1. The van der Waals surface area contributed by atoms with Gasteiger partial charge in [0, 0.05) is 10.9 Å². The van der Waals surface area contributed by atoms with Gasteiger partial charge in [0.25, 0.3) is 0 Å². The molecule has 24 heavy (non-hydrogen) atoms. The van der Waals surface area contributed by atoms with Gasteiger partial charge < -0.3 is 10.5 Å². The van der Waals surface area contributed by atoms with Crippen molar-refractivity contribution in [2.75, 3.05) is 12.3 Å². The lowest BCUT2D eigenvalue weighted by Gasteiger charge is -2.05. The van der Waals surface area contributed by atoms with E-state index in [2.05, 4.69) is 9.97 Å². The number of aryl methyl sites for hydroxylation is 1. The average molecular weight is 339 g/mol. The van der Waals surface area contributed by atoms with Crippen LogP contribution in [0.4, 0.5) is 5.82 Å². The van der Waals surface area contributed by atoms with E-state index in [0.717, 1.165) is 26.9 Å². The molecule has 0 spiro atoms. The fourth-order valence-corrected chi connectivity index (χ4v) is 3.24. The van der Waals surface area contributed by atoms with Crippen LogP contribution in [0.15, 0.2) is 29.9 Å². The number of carbonyl (C=O) groups is 1. The van der Waals surface area contributed by atoms with E-state index in [9.17, 15) is 4.79 Å². The summed E-state index contributed by atoms with van der Waals surface area (Å²) in [7, 11) is 0. The van der Waals surface area contributed by atoms with Gasteiger partial charge in [-0.15, -0.1) is 11.3 Å². The van der Waals surface area contributed by atoms with Crippen molar-refractivity contribution < 1.29 is 9.53 Å². The van der Waals surface area contributed by atoms with Crippen LogP contribution in [0, 0.1) is 6.92 Å². The molecule has 0 radical (unpaired) electrons. The number of thiophene rings is 1. The smallest absolute Gasteiger partial charge is 0.338 e. The van der Waals surface area contributed by atoms with E-state index in [4.69, 9.17) is 10.5 Å². The molecule has 3 aromatic rings. The molecule has 122 valence electrons. The predicted octanol–water partition coefficient (Wildman–Crippen LogP) is 3.93. The summed E-state index contributed by atoms with van der Waals surface area (Å²) in [4.78, 5) is 20.2. The van der Waals surface area contributed by atoms with Gasteiger partial charge in [-0.25, -0.2) is 14.8 Å². The number of benzene rings is 1. The van der Waals surface area contributed by atoms with Crippen molar-refractivity contribution >= 4 is 45.5 Å². The van der Waals surface area contributed by atoms with Crippen molar-refractivity contribution in [3.05, 3.63) is 52.2 Å². The number of nitrogen functional groups attached to an aromatic ring is 1. The second kappa shape index (κ2) is 6.80. The molecule has 2 aromatic heterocycles. The van der Waals surface area contributed by atoms with Crippen LogP contribution in [0.1, 0.15) is 34.0 Å². The number of anilines is 1. The lowest BCUT2D eigenvalue weighted by molar-refractivity contribution is 0.0526. The van der Waals surface area contributed by atoms with Crippen molar-refractivity contribution in [1.82, 2.24) is 9.97 Å². The maximum Gasteiger partial charge on any atom is 0.338 e. The van der Waals surface area contributed by atoms with Crippen LogP contribution in [0.5, 0.6) is 0 Å². The summed E-state index contributed by atoms with van der Waals surface area (Å²) in [5.74, 6) is 0.179. The Kier molecular flexibility index (Phi) is 4.57. The molecule has 0 unspecified atom stereocenters. The summed E-state index contributed by atoms with van der Waals surface area (Å²) in [6.07, 6.45) is 5.41. The number of hydrogen-bond acceptors (Lipinski definition) is 6. The van der Waals surface area contributed by atoms with E-state index in [1.165, 1.54) is 17.7 Å². The zero-order chi connectivity index (χ0) is 17.1. The maximum absolute atomic E-state index is 11.9. The third-order valence-corrected chi connectivity index (χ3v) is 4.65. The van der Waals surface area contributed by atoms with Crippen LogP contribution in [0.3, 0.4) is 0 Å². The number of fused-ring (bicyclic) bond motifs is 1. The van der Waals surface area contributed by atoms with Crippen molar-refractivity contribution in [1.29, 1.82) is 0 Å². The summed E-state index contributed by atoms with van der Waals surface area (Å²) in [5.41, 5.74) is 10.3. The van der Waals surface area contributed by atoms with E-state index >= 15 is 0 Å². The quantitative estimate of drug-likeness (QED) is 0.729. The van der Waals surface area contributed by atoms with E-state index in [1.54, 1.807) is 13.0 Å². The molecule has 0 bridgehead atoms. The third-order valence-electron chi connectivity index (χ3n) is 3.64. The van der Waals surface area contributed by atoms with Gasteiger partial charge in [0.1, 0.15) is 12.1 Å². The minimum absolute atomic E-state index is 0.311. The lowest BCUT2D eigenvalue weighted by atomic mass is 10.0. The van der Waals surface area contributed by atoms with Crippen LogP contribution in [-0.4, -0.2) is 22.5 Å². The minimum atomic E-state index is -0.311. The molecule has 0 saturated heterocycles. The SMILES string of the molecule is CCOC(=O)c1ccc(C)c(C=Cc2csc3c(N)ncnc23)c1. The molecular weight excluding hydrogens is 322 g/mol. The summed E-state index contributed by atoms with van der Waals surface area (Å²) >= 11 is 1.52. The maximum atomic E-state index is 11.9. The standard InChI is InChI=1S/C18H17N3O2S/c1-3-23-18(22)13-5-4-11(2)12(8-13)6-7-14-9-24-16-15(14)20-10-21-17(16)19/h4-10H,3H2,1-2H3,(H2,19,20,21). The Bertz CT molecular complexity index is 931. The normalized spacial score (nSPS) is 11.2. The minimum Gasteiger partial charge on any atom is -0.462 e. The zero-order valence-electron chi connectivity index (χ0n) is 13.4. The van der Waals surface area contributed by atoms with Crippen LogP contribution < -0.4 is 5.73 Å². The molecule has 0 saturated carbocycles. The number of hydrogen-bond donors (Lipinski definition) is 1. The average Bonchev–Trinajstić information content (AvgIpc) is 2.99. The number of nitrogens with two attached hydrogens (primary N) is 1. The molecule has 0 fully saturated rings. The monoisotopic (exact) mass is 339 g/mol. The highest BCUT2D eigenvalue weighted by Crippen LogP contribution is 2.29. The van der Waals surface area contributed by atoms with E-state index in [1.807, 2.05) is 36.6 Å². The Morgan fingerprint density at radius 1 is 1.29 bits per heavy atom. The fourth-order valence-electron chi connectivity index (χ4n) is 2.35. The largest absolute Gasteiger partial charge is 0.462 e. The Morgan fingerprint density at radius 2 is 2.08 bits per heavy atom. The van der Waals surface area contributed by atoms with Crippen LogP contribution in [0.25, 0.3) is 22.4 Å². The molecule has 5 nitrogen and oxygen atoms in total. The number of carbonyl (C=O) groups excluding carboxylic acids is 1. The third kappa shape index (κ3) is 3.14. The lowest BCUT2D eigenvalue weighted by Crippen LogP contribution is -2.04. The molecular formula is C18H17N3O2S. The van der Waals surface area contributed by atoms with Gasteiger partial charge in [-0.3, -0.25) is 0 Å². The second-order valence-electron chi connectivity index (χ2n) is 5.25. The first-order valence-corrected chi connectivity index (χ1v) is 8.41. The first-order chi connectivity index (χ1) is 11.6. The number of aromatic nitrogens is 2. The molecule has 1 aromatic carbocycles. The summed E-state index contributed by atoms with van der Waals surface area (Å²) in [6, 6.07) is 5.53. The van der Waals surface area contributed by atoms with E-state index in [-0.39, 0.29) is 5.97 Å². The topological polar surface area (TPSA) is 78.1 Å². The van der Waals surface area contributed by atoms with Crippen molar-refractivity contribution in [2.24, 2.45) is 0 Å². The fraction of sp³-hybridized carbons (Fsp3) is 0.167. The van der Waals surface area contributed by atoms with Crippen molar-refractivity contribution in [2.45, 2.75) is 13.8 Å². The van der Waals surface area contributed by atoms with E-state index < -0.39 is 0 Å². The van der Waals surface area contributed by atoms with Crippen LogP contribution in [-0.2, 0) is 4.74 Å². The van der Waals surface area contributed by atoms with Gasteiger partial charge in [-0.05, 0) is 37.1 Å². The molecule has 0 aliphatic carbocycles. The van der Waals surface area contributed by atoms with E-state index in [0.29, 0.717) is 18.0 Å². The summed E-state index contributed by atoms with van der Waals surface area (Å²) in [5, 5.41) is 2.00. The Morgan fingerprint density at radius 3 is 2.88 bits per heavy atom. The van der Waals surface area contributed by atoms with Gasteiger partial charge in [0.2, 0.25) is 0 Å². The summed E-state index contributed by atoms with van der Waals surface area (Å²) < 4.78 is 5.94. The first kappa shape index (κ1) is 16.1. The molecule has 0 aliphatic heterocycles. The predicted molar refractivity (Wildman–Crippen MR) is 97.9 cm³/mol. The second-order valence-corrected chi connectivity index (χ2v) is 6.13. The first-order valence-electron chi connectivity index (χ1n) is 7.53. The Hall–Kier alpha value is -2.73. The molecule has 6 heteroatoms. The van der Waals surface area contributed by atoms with Gasteiger partial charge in [-0.2, -0.15) is 0 Å². The number of esters is 1. The van der Waals surface area contributed by atoms with Crippen LogP contribution >= 0.6 is 11.3 Å². The molecule has 0 aliphatic rings. The molecule has 2 N–H and O–H groups in total. The number of nitrogens with zero attached hydrogens (tertiary/aromatic N) is 2. The van der Waals surface area contributed by atoms with Crippen molar-refractivity contribution in [3.8, 4) is 0 Å². The number of rotatable bonds is 4. The highest BCUT2D eigenvalue weighted by Gasteiger charge is 2.09.